The Kier molecular flexibility index (Phi) is 9.53. The van der Waals surface area contributed by atoms with E-state index in [2.05, 4.69) is 35.9 Å². The van der Waals surface area contributed by atoms with Gasteiger partial charge in [-0.15, -0.1) is 0 Å². The van der Waals surface area contributed by atoms with Crippen LogP contribution in [0, 0.1) is 11.7 Å². The van der Waals surface area contributed by atoms with Crippen LogP contribution in [0.25, 0.3) is 0 Å². The molecule has 0 aliphatic heterocycles. The first-order chi connectivity index (χ1) is 16.0. The maximum Gasteiger partial charge on any atom is 0.127 e. The number of ether oxygens (including phenoxy) is 3. The van der Waals surface area contributed by atoms with E-state index in [0.717, 1.165) is 43.3 Å². The summed E-state index contributed by atoms with van der Waals surface area (Å²) < 4.78 is 30.1. The van der Waals surface area contributed by atoms with E-state index in [9.17, 15) is 4.39 Å². The van der Waals surface area contributed by atoms with Gasteiger partial charge in [0, 0.05) is 37.4 Å². The lowest BCUT2D eigenvalue weighted by Crippen LogP contribution is -2.44. The van der Waals surface area contributed by atoms with Crippen LogP contribution in [0.15, 0.2) is 36.4 Å². The molecule has 33 heavy (non-hydrogen) atoms. The molecule has 182 valence electrons. The van der Waals surface area contributed by atoms with Crippen molar-refractivity contribution in [2.24, 2.45) is 5.92 Å². The van der Waals surface area contributed by atoms with E-state index in [-0.39, 0.29) is 5.82 Å². The van der Waals surface area contributed by atoms with Gasteiger partial charge in [-0.05, 0) is 81.2 Å². The lowest BCUT2D eigenvalue weighted by molar-refractivity contribution is 0.0668. The van der Waals surface area contributed by atoms with E-state index in [1.807, 2.05) is 6.07 Å². The summed E-state index contributed by atoms with van der Waals surface area (Å²) in [7, 11) is 7.09. The molecule has 0 amide bonds. The van der Waals surface area contributed by atoms with Gasteiger partial charge in [-0.25, -0.2) is 4.39 Å². The molecule has 0 aromatic heterocycles. The van der Waals surface area contributed by atoms with E-state index in [1.165, 1.54) is 24.5 Å². The number of methoxy groups -OCH3 is 3. The summed E-state index contributed by atoms with van der Waals surface area (Å²) in [6.07, 6.45) is 3.61. The zero-order chi connectivity index (χ0) is 23.8. The van der Waals surface area contributed by atoms with Crippen LogP contribution in [0.3, 0.4) is 0 Å². The zero-order valence-electron chi connectivity index (χ0n) is 20.8. The van der Waals surface area contributed by atoms with Gasteiger partial charge in [0.2, 0.25) is 0 Å². The van der Waals surface area contributed by atoms with Crippen LogP contribution < -0.4 is 9.47 Å². The van der Waals surface area contributed by atoms with Crippen molar-refractivity contribution in [3.05, 3.63) is 58.9 Å². The Morgan fingerprint density at radius 1 is 0.970 bits per heavy atom. The summed E-state index contributed by atoms with van der Waals surface area (Å²) in [4.78, 5) is 4.78. The highest BCUT2D eigenvalue weighted by Gasteiger charge is 2.32. The van der Waals surface area contributed by atoms with Crippen LogP contribution in [0.4, 0.5) is 4.39 Å². The Hall–Kier alpha value is -2.15. The fraction of sp³-hybridized carbons (Fsp3) is 0.556. The maximum absolute atomic E-state index is 14.1. The minimum absolute atomic E-state index is 0.169. The first kappa shape index (κ1) is 25.5. The third-order valence-corrected chi connectivity index (χ3v) is 6.78. The molecular weight excluding hydrogens is 419 g/mol. The molecule has 0 spiro atoms. The molecule has 3 rings (SSSR count). The first-order valence-corrected chi connectivity index (χ1v) is 11.9. The molecule has 0 atom stereocenters. The molecule has 2 aromatic carbocycles. The molecule has 0 saturated heterocycles. The second-order valence-electron chi connectivity index (χ2n) is 9.12. The van der Waals surface area contributed by atoms with Crippen LogP contribution in [0.1, 0.15) is 42.9 Å². The quantitative estimate of drug-likeness (QED) is 0.417. The fourth-order valence-electron chi connectivity index (χ4n) is 4.74. The molecular formula is C27H39FN2O3. The second-order valence-corrected chi connectivity index (χ2v) is 9.12. The van der Waals surface area contributed by atoms with Gasteiger partial charge >= 0.3 is 0 Å². The summed E-state index contributed by atoms with van der Waals surface area (Å²) in [5.41, 5.74) is 3.08. The van der Waals surface area contributed by atoms with Crippen LogP contribution in [0.2, 0.25) is 0 Å². The lowest BCUT2D eigenvalue weighted by atomic mass is 9.77. The summed E-state index contributed by atoms with van der Waals surface area (Å²) in [5, 5.41) is 0. The van der Waals surface area contributed by atoms with Crippen molar-refractivity contribution < 1.29 is 18.6 Å². The molecule has 1 aliphatic rings. The van der Waals surface area contributed by atoms with Gasteiger partial charge in [0.25, 0.3) is 0 Å². The van der Waals surface area contributed by atoms with Gasteiger partial charge in [0.15, 0.2) is 0 Å². The number of halogens is 1. The molecule has 0 radical (unpaired) electrons. The highest BCUT2D eigenvalue weighted by Crippen LogP contribution is 2.35. The molecule has 1 aliphatic carbocycles. The van der Waals surface area contributed by atoms with Crippen LogP contribution in [-0.4, -0.2) is 57.3 Å². The van der Waals surface area contributed by atoms with E-state index < -0.39 is 0 Å². The summed E-state index contributed by atoms with van der Waals surface area (Å²) in [5.74, 6) is 2.15. The highest BCUT2D eigenvalue weighted by molar-refractivity contribution is 5.37. The van der Waals surface area contributed by atoms with Crippen molar-refractivity contribution >= 4 is 0 Å². The fourth-order valence-corrected chi connectivity index (χ4v) is 4.74. The van der Waals surface area contributed by atoms with Gasteiger partial charge in [-0.2, -0.15) is 0 Å². The summed E-state index contributed by atoms with van der Waals surface area (Å²) in [6, 6.07) is 12.0. The zero-order valence-corrected chi connectivity index (χ0v) is 20.8. The molecule has 0 heterocycles. The molecule has 6 heteroatoms. The second kappa shape index (κ2) is 12.4. The van der Waals surface area contributed by atoms with Crippen LogP contribution in [0.5, 0.6) is 11.5 Å². The van der Waals surface area contributed by atoms with Crippen molar-refractivity contribution in [2.45, 2.75) is 51.9 Å². The number of nitrogens with zero attached hydrogens (tertiary/aromatic N) is 2. The monoisotopic (exact) mass is 458 g/mol. The van der Waals surface area contributed by atoms with Gasteiger partial charge in [-0.3, -0.25) is 4.90 Å². The predicted molar refractivity (Wildman–Crippen MR) is 130 cm³/mol. The Labute approximate surface area is 198 Å². The van der Waals surface area contributed by atoms with Crippen molar-refractivity contribution in [1.29, 1.82) is 0 Å². The molecule has 0 bridgehead atoms. The average Bonchev–Trinajstić information content (AvgIpc) is 2.79. The van der Waals surface area contributed by atoms with Crippen LogP contribution in [-0.2, 0) is 24.4 Å². The third kappa shape index (κ3) is 6.92. The molecule has 1 saturated carbocycles. The molecule has 2 aromatic rings. The first-order valence-electron chi connectivity index (χ1n) is 11.9. The van der Waals surface area contributed by atoms with Crippen molar-refractivity contribution in [3.8, 4) is 11.5 Å². The summed E-state index contributed by atoms with van der Waals surface area (Å²) >= 11 is 0. The molecule has 0 N–H and O–H groups in total. The van der Waals surface area contributed by atoms with E-state index >= 15 is 0 Å². The summed E-state index contributed by atoms with van der Waals surface area (Å²) in [6.45, 7) is 6.35. The third-order valence-electron chi connectivity index (χ3n) is 6.78. The van der Waals surface area contributed by atoms with Gasteiger partial charge in [0.1, 0.15) is 17.3 Å². The molecule has 1 fully saturated rings. The Bertz CT molecular complexity index is 886. The highest BCUT2D eigenvalue weighted by atomic mass is 19.1. The number of benzene rings is 2. The lowest BCUT2D eigenvalue weighted by Gasteiger charge is -2.43. The van der Waals surface area contributed by atoms with Crippen molar-refractivity contribution in [1.82, 2.24) is 9.80 Å². The van der Waals surface area contributed by atoms with E-state index in [4.69, 9.17) is 14.2 Å². The Morgan fingerprint density at radius 3 is 2.42 bits per heavy atom. The normalized spacial score (nSPS) is 17.9. The average molecular weight is 459 g/mol. The number of hydrogen-bond acceptors (Lipinski definition) is 5. The van der Waals surface area contributed by atoms with Gasteiger partial charge < -0.3 is 19.1 Å². The van der Waals surface area contributed by atoms with Gasteiger partial charge in [-0.1, -0.05) is 13.0 Å². The number of rotatable bonds is 13. The Morgan fingerprint density at radius 2 is 1.76 bits per heavy atom. The SMILES string of the molecule is CCN(Cc1ccc(OC)c(COC)c1)C1CC(CCN(C)Cc2cc(OC)ccc2F)C1. The minimum Gasteiger partial charge on any atom is -0.497 e. The predicted octanol–water partition coefficient (Wildman–Crippen LogP) is 5.11. The molecule has 5 nitrogen and oxygen atoms in total. The van der Waals surface area contributed by atoms with Crippen molar-refractivity contribution in [2.75, 3.05) is 41.5 Å². The van der Waals surface area contributed by atoms with E-state index in [0.29, 0.717) is 30.5 Å². The number of hydrogen-bond donors (Lipinski definition) is 0. The molecule has 0 unspecified atom stereocenters. The Balaban J connectivity index is 1.45. The van der Waals surface area contributed by atoms with Crippen LogP contribution >= 0.6 is 0 Å². The van der Waals surface area contributed by atoms with Gasteiger partial charge in [0.05, 0.1) is 20.8 Å². The topological polar surface area (TPSA) is 34.2 Å². The largest absolute Gasteiger partial charge is 0.497 e. The maximum atomic E-state index is 14.1. The van der Waals surface area contributed by atoms with E-state index in [1.54, 1.807) is 33.5 Å². The minimum atomic E-state index is -0.169. The standard InChI is InChI=1S/C27H39FN2O3/c1-6-30(17-21-7-10-27(33-5)23(13-21)19-31-3)24-14-20(15-24)11-12-29(2)18-22-16-25(32-4)8-9-26(22)28/h7-10,13,16,20,24H,6,11-12,14-15,17-19H2,1-5H3. The smallest absolute Gasteiger partial charge is 0.127 e. The van der Waals surface area contributed by atoms with Crippen molar-refractivity contribution in [3.63, 3.8) is 0 Å².